The predicted molar refractivity (Wildman–Crippen MR) is 148 cm³/mol. The van der Waals surface area contributed by atoms with E-state index in [1.54, 1.807) is 4.90 Å². The Labute approximate surface area is 223 Å². The fourth-order valence-electron chi connectivity index (χ4n) is 4.06. The van der Waals surface area contributed by atoms with Gasteiger partial charge in [0.25, 0.3) is 5.91 Å². The summed E-state index contributed by atoms with van der Waals surface area (Å²) in [5.41, 5.74) is 2.97. The van der Waals surface area contributed by atoms with Crippen molar-refractivity contribution in [2.75, 3.05) is 13.2 Å². The lowest BCUT2D eigenvalue weighted by molar-refractivity contribution is -0.142. The number of rotatable bonds is 12. The Morgan fingerprint density at radius 3 is 2.33 bits per heavy atom. The molecule has 0 saturated carbocycles. The molecule has 0 radical (unpaired) electrons. The lowest BCUT2D eigenvalue weighted by Crippen LogP contribution is -2.51. The first-order valence-electron chi connectivity index (χ1n) is 12.5. The van der Waals surface area contributed by atoms with E-state index in [1.165, 1.54) is 0 Å². The van der Waals surface area contributed by atoms with Crippen LogP contribution in [0.25, 0.3) is 0 Å². The summed E-state index contributed by atoms with van der Waals surface area (Å²) in [5.74, 6) is 0.561. The van der Waals surface area contributed by atoms with Crippen LogP contribution in [-0.2, 0) is 22.6 Å². The average molecular weight is 552 g/mol. The Balaban J connectivity index is 1.91. The number of amides is 2. The topological polar surface area (TPSA) is 58.6 Å². The molecular formula is C30H35BrN2O3. The van der Waals surface area contributed by atoms with Crippen LogP contribution in [-0.4, -0.2) is 35.9 Å². The summed E-state index contributed by atoms with van der Waals surface area (Å²) in [5, 5.41) is 3.00. The van der Waals surface area contributed by atoms with Crippen molar-refractivity contribution in [2.24, 2.45) is 0 Å². The third kappa shape index (κ3) is 7.95. The first kappa shape index (κ1) is 27.5. The van der Waals surface area contributed by atoms with Crippen LogP contribution in [0.5, 0.6) is 5.75 Å². The third-order valence-electron chi connectivity index (χ3n) is 5.95. The summed E-state index contributed by atoms with van der Waals surface area (Å²) in [4.78, 5) is 28.7. The zero-order valence-electron chi connectivity index (χ0n) is 21.2. The minimum absolute atomic E-state index is 0.149. The van der Waals surface area contributed by atoms with Gasteiger partial charge in [-0.05, 0) is 47.2 Å². The van der Waals surface area contributed by atoms with Crippen molar-refractivity contribution in [3.05, 3.63) is 100 Å². The van der Waals surface area contributed by atoms with Crippen LogP contribution in [0.3, 0.4) is 0 Å². The number of hydrogen-bond acceptors (Lipinski definition) is 3. The smallest absolute Gasteiger partial charge is 0.261 e. The molecule has 36 heavy (non-hydrogen) atoms. The van der Waals surface area contributed by atoms with Crippen molar-refractivity contribution in [3.8, 4) is 5.75 Å². The summed E-state index contributed by atoms with van der Waals surface area (Å²) >= 11 is 3.52. The van der Waals surface area contributed by atoms with Gasteiger partial charge in [0.15, 0.2) is 6.61 Å². The number of hydrogen-bond donors (Lipinski definition) is 1. The van der Waals surface area contributed by atoms with Crippen molar-refractivity contribution in [2.45, 2.75) is 52.1 Å². The zero-order chi connectivity index (χ0) is 25.9. The van der Waals surface area contributed by atoms with Gasteiger partial charge in [0.1, 0.15) is 11.8 Å². The highest BCUT2D eigenvalue weighted by Gasteiger charge is 2.30. The minimum atomic E-state index is -0.672. The number of ether oxygens (including phenoxy) is 1. The van der Waals surface area contributed by atoms with Crippen molar-refractivity contribution >= 4 is 27.7 Å². The number of nitrogens with one attached hydrogen (secondary N) is 1. The quantitative estimate of drug-likeness (QED) is 0.295. The van der Waals surface area contributed by atoms with E-state index in [0.29, 0.717) is 25.3 Å². The van der Waals surface area contributed by atoms with Crippen LogP contribution in [0, 0.1) is 0 Å². The van der Waals surface area contributed by atoms with Gasteiger partial charge in [-0.15, -0.1) is 0 Å². The van der Waals surface area contributed by atoms with Crippen LogP contribution in [0.15, 0.2) is 83.3 Å². The maximum Gasteiger partial charge on any atom is 0.261 e. The van der Waals surface area contributed by atoms with E-state index < -0.39 is 6.04 Å². The SMILES string of the molecule is CCCNC(=O)C(Cc1ccccc1)N(Cc1cccc(Br)c1)C(=O)COc1ccccc1C(C)C. The number of carbonyl (C=O) groups excluding carboxylic acids is 2. The Morgan fingerprint density at radius 1 is 0.944 bits per heavy atom. The molecule has 6 heteroatoms. The Bertz CT molecular complexity index is 1130. The molecule has 0 aliphatic heterocycles. The van der Waals surface area contributed by atoms with E-state index >= 15 is 0 Å². The molecule has 190 valence electrons. The molecule has 0 aliphatic carbocycles. The molecule has 5 nitrogen and oxygen atoms in total. The molecule has 0 spiro atoms. The van der Waals surface area contributed by atoms with Gasteiger partial charge in [-0.2, -0.15) is 0 Å². The monoisotopic (exact) mass is 550 g/mol. The first-order valence-corrected chi connectivity index (χ1v) is 13.3. The van der Waals surface area contributed by atoms with Crippen LogP contribution >= 0.6 is 15.9 Å². The fourth-order valence-corrected chi connectivity index (χ4v) is 4.51. The van der Waals surface area contributed by atoms with Crippen molar-refractivity contribution in [1.82, 2.24) is 10.2 Å². The molecule has 0 aromatic heterocycles. The number of halogens is 1. The van der Waals surface area contributed by atoms with Gasteiger partial charge in [-0.1, -0.05) is 97.4 Å². The van der Waals surface area contributed by atoms with Crippen LogP contribution in [0.1, 0.15) is 49.8 Å². The fraction of sp³-hybridized carbons (Fsp3) is 0.333. The maximum absolute atomic E-state index is 13.7. The molecule has 3 aromatic carbocycles. The van der Waals surface area contributed by atoms with E-state index in [2.05, 4.69) is 35.1 Å². The van der Waals surface area contributed by atoms with E-state index in [0.717, 1.165) is 27.6 Å². The van der Waals surface area contributed by atoms with Crippen LogP contribution in [0.4, 0.5) is 0 Å². The molecule has 0 saturated heterocycles. The highest BCUT2D eigenvalue weighted by Crippen LogP contribution is 2.26. The molecule has 1 N–H and O–H groups in total. The molecule has 0 fully saturated rings. The highest BCUT2D eigenvalue weighted by atomic mass is 79.9. The summed E-state index contributed by atoms with van der Waals surface area (Å²) in [7, 11) is 0. The van der Waals surface area contributed by atoms with E-state index in [-0.39, 0.29) is 24.3 Å². The molecule has 1 atom stereocenters. The Kier molecular flexibility index (Phi) is 10.6. The highest BCUT2D eigenvalue weighted by molar-refractivity contribution is 9.10. The Hall–Kier alpha value is -3.12. The molecule has 3 aromatic rings. The van der Waals surface area contributed by atoms with Gasteiger partial charge >= 0.3 is 0 Å². The summed E-state index contributed by atoms with van der Waals surface area (Å²) in [6.07, 6.45) is 1.23. The maximum atomic E-state index is 13.7. The number of carbonyl (C=O) groups is 2. The molecule has 2 amide bonds. The zero-order valence-corrected chi connectivity index (χ0v) is 22.8. The van der Waals surface area contributed by atoms with Crippen molar-refractivity contribution in [3.63, 3.8) is 0 Å². The van der Waals surface area contributed by atoms with Gasteiger partial charge in [-0.25, -0.2) is 0 Å². The van der Waals surface area contributed by atoms with Gasteiger partial charge in [0.05, 0.1) is 0 Å². The van der Waals surface area contributed by atoms with E-state index in [9.17, 15) is 9.59 Å². The van der Waals surface area contributed by atoms with Gasteiger partial charge in [-0.3, -0.25) is 9.59 Å². The van der Waals surface area contributed by atoms with Crippen LogP contribution < -0.4 is 10.1 Å². The van der Waals surface area contributed by atoms with Crippen molar-refractivity contribution < 1.29 is 14.3 Å². The molecule has 0 aliphatic rings. The molecular weight excluding hydrogens is 516 g/mol. The molecule has 0 bridgehead atoms. The molecule has 3 rings (SSSR count). The second-order valence-corrected chi connectivity index (χ2v) is 10.0. The predicted octanol–water partition coefficient (Wildman–Crippen LogP) is 6.12. The largest absolute Gasteiger partial charge is 0.483 e. The number of nitrogens with zero attached hydrogens (tertiary/aromatic N) is 1. The second-order valence-electron chi connectivity index (χ2n) is 9.13. The summed E-state index contributed by atoms with van der Waals surface area (Å²) < 4.78 is 6.95. The number of benzene rings is 3. The lowest BCUT2D eigenvalue weighted by Gasteiger charge is -2.31. The molecule has 0 heterocycles. The van der Waals surface area contributed by atoms with Crippen LogP contribution in [0.2, 0.25) is 0 Å². The van der Waals surface area contributed by atoms with E-state index in [4.69, 9.17) is 4.74 Å². The average Bonchev–Trinajstić information content (AvgIpc) is 2.88. The second kappa shape index (κ2) is 13.8. The molecule has 1 unspecified atom stereocenters. The third-order valence-corrected chi connectivity index (χ3v) is 6.45. The van der Waals surface area contributed by atoms with Gasteiger partial charge < -0.3 is 15.0 Å². The normalized spacial score (nSPS) is 11.7. The number of para-hydroxylation sites is 1. The summed E-state index contributed by atoms with van der Waals surface area (Å²) in [6, 6.07) is 24.7. The first-order chi connectivity index (χ1) is 17.4. The Morgan fingerprint density at radius 2 is 1.64 bits per heavy atom. The van der Waals surface area contributed by atoms with Gasteiger partial charge in [0, 0.05) is 24.0 Å². The van der Waals surface area contributed by atoms with Crippen molar-refractivity contribution in [1.29, 1.82) is 0 Å². The summed E-state index contributed by atoms with van der Waals surface area (Å²) in [6.45, 7) is 6.90. The van der Waals surface area contributed by atoms with Gasteiger partial charge in [0.2, 0.25) is 5.91 Å². The standard InChI is InChI=1S/C30H35BrN2O3/c1-4-17-32-30(35)27(19-23-11-6-5-7-12-23)33(20-24-13-10-14-25(31)18-24)29(34)21-36-28-16-9-8-15-26(28)22(2)3/h5-16,18,22,27H,4,17,19-21H2,1-3H3,(H,32,35). The minimum Gasteiger partial charge on any atom is -0.483 e. The van der Waals surface area contributed by atoms with E-state index in [1.807, 2.05) is 85.8 Å². The lowest BCUT2D eigenvalue weighted by atomic mass is 10.0.